The predicted molar refractivity (Wildman–Crippen MR) is 84.6 cm³/mol. The van der Waals surface area contributed by atoms with E-state index in [1.165, 1.54) is 19.2 Å². The monoisotopic (exact) mass is 322 g/mol. The van der Waals surface area contributed by atoms with Crippen molar-refractivity contribution in [3.63, 3.8) is 0 Å². The lowest BCUT2D eigenvalue weighted by molar-refractivity contribution is -0.123. The summed E-state index contributed by atoms with van der Waals surface area (Å²) in [7, 11) is 1.37. The Morgan fingerprint density at radius 3 is 2.43 bits per heavy atom. The number of hydrogen-bond acceptors (Lipinski definition) is 3. The maximum absolute atomic E-state index is 13.0. The quantitative estimate of drug-likeness (QED) is 0.927. The zero-order chi connectivity index (χ0) is 16.8. The topological polar surface area (TPSA) is 58.6 Å². The molecule has 126 valence electrons. The lowest BCUT2D eigenvalue weighted by atomic mass is 9.94. The molecule has 1 aliphatic rings. The number of piperidine rings is 1. The highest BCUT2D eigenvalue weighted by molar-refractivity contribution is 5.83. The molecular formula is C17H23FN2O3. The smallest absolute Gasteiger partial charge is 0.409 e. The van der Waals surface area contributed by atoms with Crippen molar-refractivity contribution in [1.82, 2.24) is 10.2 Å². The Kier molecular flexibility index (Phi) is 5.96. The average molecular weight is 322 g/mol. The first-order valence-corrected chi connectivity index (χ1v) is 7.93. The number of halogens is 1. The molecule has 0 aromatic heterocycles. The average Bonchev–Trinajstić information content (AvgIpc) is 2.57. The minimum absolute atomic E-state index is 0.0457. The van der Waals surface area contributed by atoms with E-state index in [0.29, 0.717) is 32.4 Å². The van der Waals surface area contributed by atoms with Gasteiger partial charge in [0.05, 0.1) is 13.0 Å². The summed E-state index contributed by atoms with van der Waals surface area (Å²) in [6.45, 7) is 3.09. The molecule has 1 atom stereocenters. The maximum atomic E-state index is 13.0. The van der Waals surface area contributed by atoms with E-state index in [0.717, 1.165) is 5.56 Å². The minimum Gasteiger partial charge on any atom is -0.453 e. The third-order valence-electron chi connectivity index (χ3n) is 4.27. The van der Waals surface area contributed by atoms with E-state index < -0.39 is 0 Å². The molecule has 0 radical (unpaired) electrons. The van der Waals surface area contributed by atoms with Crippen LogP contribution < -0.4 is 5.32 Å². The van der Waals surface area contributed by atoms with Crippen molar-refractivity contribution >= 4 is 12.0 Å². The predicted octanol–water partition coefficient (Wildman–Crippen LogP) is 2.67. The second-order valence-corrected chi connectivity index (χ2v) is 5.75. The number of nitrogens with one attached hydrogen (secondary N) is 1. The third kappa shape index (κ3) is 4.43. The van der Waals surface area contributed by atoms with Gasteiger partial charge in [-0.15, -0.1) is 0 Å². The zero-order valence-electron chi connectivity index (χ0n) is 13.5. The summed E-state index contributed by atoms with van der Waals surface area (Å²) in [4.78, 5) is 25.6. The number of nitrogens with zero attached hydrogens (tertiary/aromatic N) is 1. The van der Waals surface area contributed by atoms with Gasteiger partial charge in [0.2, 0.25) is 5.91 Å². The molecule has 0 saturated carbocycles. The standard InChI is InChI=1S/C17H23FN2O3/c1-3-15(12-4-6-13(18)7-5-12)16(21)19-14-8-10-20(11-9-14)17(22)23-2/h4-7,14-15H,3,8-11H2,1-2H3,(H,19,21). The molecule has 23 heavy (non-hydrogen) atoms. The van der Waals surface area contributed by atoms with Crippen molar-refractivity contribution in [3.8, 4) is 0 Å². The van der Waals surface area contributed by atoms with E-state index >= 15 is 0 Å². The highest BCUT2D eigenvalue weighted by Crippen LogP contribution is 2.21. The van der Waals surface area contributed by atoms with E-state index in [4.69, 9.17) is 4.74 Å². The number of ether oxygens (including phenoxy) is 1. The van der Waals surface area contributed by atoms with Crippen molar-refractivity contribution in [1.29, 1.82) is 0 Å². The van der Waals surface area contributed by atoms with Gasteiger partial charge in [0.15, 0.2) is 0 Å². The van der Waals surface area contributed by atoms with E-state index in [-0.39, 0.29) is 29.8 Å². The fourth-order valence-corrected chi connectivity index (χ4v) is 2.90. The molecule has 1 N–H and O–H groups in total. The van der Waals surface area contributed by atoms with Crippen molar-refractivity contribution in [2.45, 2.75) is 38.1 Å². The van der Waals surface area contributed by atoms with Gasteiger partial charge in [0.25, 0.3) is 0 Å². The number of methoxy groups -OCH3 is 1. The first kappa shape index (κ1) is 17.2. The van der Waals surface area contributed by atoms with E-state index in [2.05, 4.69) is 5.32 Å². The molecule has 0 bridgehead atoms. The van der Waals surface area contributed by atoms with Gasteiger partial charge in [-0.05, 0) is 37.0 Å². The third-order valence-corrected chi connectivity index (χ3v) is 4.27. The number of likely N-dealkylation sites (tertiary alicyclic amines) is 1. The second kappa shape index (κ2) is 7.94. The Balaban J connectivity index is 1.91. The van der Waals surface area contributed by atoms with E-state index in [1.54, 1.807) is 17.0 Å². The van der Waals surface area contributed by atoms with Crippen LogP contribution in [0.25, 0.3) is 0 Å². The van der Waals surface area contributed by atoms with E-state index in [1.807, 2.05) is 6.92 Å². The summed E-state index contributed by atoms with van der Waals surface area (Å²) < 4.78 is 17.7. The van der Waals surface area contributed by atoms with Gasteiger partial charge in [0, 0.05) is 19.1 Å². The van der Waals surface area contributed by atoms with Gasteiger partial charge < -0.3 is 15.0 Å². The first-order valence-electron chi connectivity index (χ1n) is 7.93. The van der Waals surface area contributed by atoms with Gasteiger partial charge in [-0.25, -0.2) is 9.18 Å². The van der Waals surface area contributed by atoms with Gasteiger partial charge in [-0.3, -0.25) is 4.79 Å². The van der Waals surface area contributed by atoms with Crippen molar-refractivity contribution in [2.24, 2.45) is 0 Å². The first-order chi connectivity index (χ1) is 11.0. The fraction of sp³-hybridized carbons (Fsp3) is 0.529. The van der Waals surface area contributed by atoms with Crippen LogP contribution in [0.1, 0.15) is 37.7 Å². The molecule has 6 heteroatoms. The lowest BCUT2D eigenvalue weighted by Gasteiger charge is -2.32. The highest BCUT2D eigenvalue weighted by atomic mass is 19.1. The van der Waals surface area contributed by atoms with Crippen LogP contribution in [0.3, 0.4) is 0 Å². The van der Waals surface area contributed by atoms with Crippen LogP contribution in [0.15, 0.2) is 24.3 Å². The van der Waals surface area contributed by atoms with Crippen LogP contribution >= 0.6 is 0 Å². The molecule has 1 saturated heterocycles. The minimum atomic E-state index is -0.326. The summed E-state index contributed by atoms with van der Waals surface area (Å²) in [6, 6.07) is 6.12. The normalized spacial score (nSPS) is 16.7. The SMILES string of the molecule is CCC(C(=O)NC1CCN(C(=O)OC)CC1)c1ccc(F)cc1. The van der Waals surface area contributed by atoms with Gasteiger partial charge >= 0.3 is 6.09 Å². The Morgan fingerprint density at radius 2 is 1.91 bits per heavy atom. The zero-order valence-corrected chi connectivity index (χ0v) is 13.5. The number of amides is 2. The van der Waals surface area contributed by atoms with Gasteiger partial charge in [0.1, 0.15) is 5.82 Å². The largest absolute Gasteiger partial charge is 0.453 e. The van der Waals surface area contributed by atoms with Crippen LogP contribution in [0, 0.1) is 5.82 Å². The number of rotatable bonds is 4. The van der Waals surface area contributed by atoms with Crippen molar-refractivity contribution in [2.75, 3.05) is 20.2 Å². The Morgan fingerprint density at radius 1 is 1.30 bits per heavy atom. The van der Waals surface area contributed by atoms with Crippen LogP contribution in [0.2, 0.25) is 0 Å². The summed E-state index contributed by atoms with van der Waals surface area (Å²) in [5.41, 5.74) is 0.818. The van der Waals surface area contributed by atoms with E-state index in [9.17, 15) is 14.0 Å². The lowest BCUT2D eigenvalue weighted by Crippen LogP contribution is -2.47. The molecule has 1 heterocycles. The number of hydrogen-bond donors (Lipinski definition) is 1. The Hall–Kier alpha value is -2.11. The summed E-state index contributed by atoms with van der Waals surface area (Å²) in [5.74, 6) is -0.635. The molecule has 1 aromatic rings. The van der Waals surface area contributed by atoms with Gasteiger partial charge in [-0.2, -0.15) is 0 Å². The number of carbonyl (C=O) groups excluding carboxylic acids is 2. The molecule has 2 rings (SSSR count). The van der Waals surface area contributed by atoms with Crippen LogP contribution in [-0.2, 0) is 9.53 Å². The molecule has 1 aliphatic heterocycles. The Bertz CT molecular complexity index is 539. The molecule has 1 aromatic carbocycles. The fourth-order valence-electron chi connectivity index (χ4n) is 2.90. The highest BCUT2D eigenvalue weighted by Gasteiger charge is 2.26. The van der Waals surface area contributed by atoms with Gasteiger partial charge in [-0.1, -0.05) is 19.1 Å². The molecule has 5 nitrogen and oxygen atoms in total. The molecule has 1 unspecified atom stereocenters. The number of carbonyl (C=O) groups is 2. The van der Waals surface area contributed by atoms with Crippen molar-refractivity contribution < 1.29 is 18.7 Å². The second-order valence-electron chi connectivity index (χ2n) is 5.75. The molecule has 0 aliphatic carbocycles. The maximum Gasteiger partial charge on any atom is 0.409 e. The summed E-state index contributed by atoms with van der Waals surface area (Å²) in [6.07, 6.45) is 1.74. The number of benzene rings is 1. The molecule has 2 amide bonds. The Labute approximate surface area is 135 Å². The summed E-state index contributed by atoms with van der Waals surface area (Å²) >= 11 is 0. The van der Waals surface area contributed by atoms with Crippen LogP contribution in [0.4, 0.5) is 9.18 Å². The molecule has 1 fully saturated rings. The van der Waals surface area contributed by atoms with Crippen LogP contribution in [-0.4, -0.2) is 43.1 Å². The molecular weight excluding hydrogens is 299 g/mol. The summed E-state index contributed by atoms with van der Waals surface area (Å²) in [5, 5.41) is 3.05. The molecule has 0 spiro atoms. The van der Waals surface area contributed by atoms with Crippen LogP contribution in [0.5, 0.6) is 0 Å². The van der Waals surface area contributed by atoms with Crippen molar-refractivity contribution in [3.05, 3.63) is 35.6 Å².